The van der Waals surface area contributed by atoms with Gasteiger partial charge in [0.2, 0.25) is 0 Å². The molecule has 1 unspecified atom stereocenters. The van der Waals surface area contributed by atoms with Gasteiger partial charge in [0, 0.05) is 17.8 Å². The third kappa shape index (κ3) is 1.49. The van der Waals surface area contributed by atoms with Gasteiger partial charge in [0.05, 0.1) is 5.69 Å². The maximum absolute atomic E-state index is 6.00. The van der Waals surface area contributed by atoms with Gasteiger partial charge in [0.15, 0.2) is 5.82 Å². The highest BCUT2D eigenvalue weighted by Gasteiger charge is 2.21. The number of fused-ring (bicyclic) bond motifs is 1. The van der Waals surface area contributed by atoms with Crippen molar-refractivity contribution in [2.24, 2.45) is 5.73 Å². The summed E-state index contributed by atoms with van der Waals surface area (Å²) >= 11 is 0. The number of rotatable bonds is 1. The van der Waals surface area contributed by atoms with E-state index in [0.29, 0.717) is 0 Å². The Labute approximate surface area is 94.4 Å². The summed E-state index contributed by atoms with van der Waals surface area (Å²) in [6.45, 7) is 0. The van der Waals surface area contributed by atoms with E-state index in [4.69, 9.17) is 5.73 Å². The van der Waals surface area contributed by atoms with E-state index in [1.165, 1.54) is 5.56 Å². The molecular formula is C13H13N3. The van der Waals surface area contributed by atoms with Crippen LogP contribution in [0.5, 0.6) is 0 Å². The SMILES string of the molecule is NC1CCc2cnc(-c3ccccc3)nc21. The first-order valence-electron chi connectivity index (χ1n) is 5.51. The summed E-state index contributed by atoms with van der Waals surface area (Å²) in [7, 11) is 0. The first-order chi connectivity index (χ1) is 7.84. The van der Waals surface area contributed by atoms with Crippen LogP contribution in [0.4, 0.5) is 0 Å². The molecule has 0 saturated carbocycles. The maximum atomic E-state index is 6.00. The molecule has 1 aromatic heterocycles. The van der Waals surface area contributed by atoms with Crippen molar-refractivity contribution in [3.05, 3.63) is 47.8 Å². The van der Waals surface area contributed by atoms with Gasteiger partial charge in [0.1, 0.15) is 0 Å². The Hall–Kier alpha value is -1.74. The third-order valence-electron chi connectivity index (χ3n) is 3.01. The van der Waals surface area contributed by atoms with E-state index >= 15 is 0 Å². The second kappa shape index (κ2) is 3.68. The van der Waals surface area contributed by atoms with Gasteiger partial charge < -0.3 is 5.73 Å². The number of nitrogens with zero attached hydrogens (tertiary/aromatic N) is 2. The molecular weight excluding hydrogens is 198 g/mol. The summed E-state index contributed by atoms with van der Waals surface area (Å²) in [6.07, 6.45) is 3.91. The zero-order chi connectivity index (χ0) is 11.0. The Bertz CT molecular complexity index is 508. The molecule has 80 valence electrons. The standard InChI is InChI=1S/C13H13N3/c14-11-7-6-10-8-15-13(16-12(10)11)9-4-2-1-3-5-9/h1-5,8,11H,6-7,14H2. The second-order valence-electron chi connectivity index (χ2n) is 4.12. The molecule has 16 heavy (non-hydrogen) atoms. The number of benzene rings is 1. The Morgan fingerprint density at radius 1 is 1.19 bits per heavy atom. The molecule has 0 saturated heterocycles. The van der Waals surface area contributed by atoms with Crippen molar-refractivity contribution in [1.29, 1.82) is 0 Å². The molecule has 1 aliphatic rings. The van der Waals surface area contributed by atoms with E-state index in [-0.39, 0.29) is 6.04 Å². The van der Waals surface area contributed by atoms with Gasteiger partial charge in [-0.05, 0) is 18.4 Å². The molecule has 1 aromatic carbocycles. The van der Waals surface area contributed by atoms with Gasteiger partial charge in [-0.15, -0.1) is 0 Å². The molecule has 3 heteroatoms. The number of aromatic nitrogens is 2. The van der Waals surface area contributed by atoms with Crippen LogP contribution in [0.2, 0.25) is 0 Å². The smallest absolute Gasteiger partial charge is 0.159 e. The minimum absolute atomic E-state index is 0.0838. The highest BCUT2D eigenvalue weighted by Crippen LogP contribution is 2.28. The first kappa shape index (κ1) is 9.48. The number of nitrogens with two attached hydrogens (primary N) is 1. The molecule has 0 spiro atoms. The van der Waals surface area contributed by atoms with E-state index < -0.39 is 0 Å². The fraction of sp³-hybridized carbons (Fsp3) is 0.231. The molecule has 1 heterocycles. The van der Waals surface area contributed by atoms with E-state index in [2.05, 4.69) is 9.97 Å². The van der Waals surface area contributed by atoms with Crippen molar-refractivity contribution in [3.8, 4) is 11.4 Å². The van der Waals surface area contributed by atoms with E-state index in [1.807, 2.05) is 36.5 Å². The molecule has 3 nitrogen and oxygen atoms in total. The molecule has 1 atom stereocenters. The Morgan fingerprint density at radius 3 is 2.81 bits per heavy atom. The van der Waals surface area contributed by atoms with E-state index in [1.54, 1.807) is 0 Å². The van der Waals surface area contributed by atoms with Gasteiger partial charge in [-0.25, -0.2) is 9.97 Å². The van der Waals surface area contributed by atoms with Crippen molar-refractivity contribution in [2.75, 3.05) is 0 Å². The summed E-state index contributed by atoms with van der Waals surface area (Å²) in [5, 5.41) is 0. The molecule has 0 bridgehead atoms. The van der Waals surface area contributed by atoms with Gasteiger partial charge in [-0.1, -0.05) is 30.3 Å². The summed E-state index contributed by atoms with van der Waals surface area (Å²) in [6, 6.07) is 10.1. The lowest BCUT2D eigenvalue weighted by molar-refractivity contribution is 0.698. The predicted molar refractivity (Wildman–Crippen MR) is 62.7 cm³/mol. The molecule has 0 aliphatic heterocycles. The third-order valence-corrected chi connectivity index (χ3v) is 3.01. The second-order valence-corrected chi connectivity index (χ2v) is 4.12. The van der Waals surface area contributed by atoms with Gasteiger partial charge in [-0.3, -0.25) is 0 Å². The quantitative estimate of drug-likeness (QED) is 0.785. The Balaban J connectivity index is 2.08. The van der Waals surface area contributed by atoms with Crippen LogP contribution in [0.25, 0.3) is 11.4 Å². The number of hydrogen-bond donors (Lipinski definition) is 1. The average Bonchev–Trinajstić information content (AvgIpc) is 2.72. The van der Waals surface area contributed by atoms with Crippen LogP contribution in [0, 0.1) is 0 Å². The van der Waals surface area contributed by atoms with Crippen molar-refractivity contribution in [3.63, 3.8) is 0 Å². The zero-order valence-corrected chi connectivity index (χ0v) is 8.93. The zero-order valence-electron chi connectivity index (χ0n) is 8.93. The van der Waals surface area contributed by atoms with Crippen molar-refractivity contribution in [2.45, 2.75) is 18.9 Å². The maximum Gasteiger partial charge on any atom is 0.159 e. The fourth-order valence-electron chi connectivity index (χ4n) is 2.11. The van der Waals surface area contributed by atoms with Crippen molar-refractivity contribution < 1.29 is 0 Å². The van der Waals surface area contributed by atoms with E-state index in [9.17, 15) is 0 Å². The lowest BCUT2D eigenvalue weighted by Gasteiger charge is -2.05. The summed E-state index contributed by atoms with van der Waals surface area (Å²) < 4.78 is 0. The van der Waals surface area contributed by atoms with E-state index in [0.717, 1.165) is 29.9 Å². The fourth-order valence-corrected chi connectivity index (χ4v) is 2.11. The molecule has 2 N–H and O–H groups in total. The number of aryl methyl sites for hydroxylation is 1. The normalized spacial score (nSPS) is 18.4. The molecule has 0 amide bonds. The first-order valence-corrected chi connectivity index (χ1v) is 5.51. The molecule has 1 aliphatic carbocycles. The number of hydrogen-bond acceptors (Lipinski definition) is 3. The summed E-state index contributed by atoms with van der Waals surface area (Å²) in [5.74, 6) is 0.775. The monoisotopic (exact) mass is 211 g/mol. The highest BCUT2D eigenvalue weighted by atomic mass is 14.9. The van der Waals surface area contributed by atoms with Crippen LogP contribution in [0.3, 0.4) is 0 Å². The largest absolute Gasteiger partial charge is 0.323 e. The molecule has 0 fully saturated rings. The van der Waals surface area contributed by atoms with Crippen LogP contribution in [0.1, 0.15) is 23.7 Å². The van der Waals surface area contributed by atoms with Crippen LogP contribution in [-0.4, -0.2) is 9.97 Å². The summed E-state index contributed by atoms with van der Waals surface area (Å²) in [5.41, 5.74) is 9.27. The van der Waals surface area contributed by atoms with Crippen LogP contribution in [0.15, 0.2) is 36.5 Å². The van der Waals surface area contributed by atoms with Gasteiger partial charge in [-0.2, -0.15) is 0 Å². The summed E-state index contributed by atoms with van der Waals surface area (Å²) in [4.78, 5) is 8.96. The molecule has 3 rings (SSSR count). The topological polar surface area (TPSA) is 51.8 Å². The van der Waals surface area contributed by atoms with Gasteiger partial charge >= 0.3 is 0 Å². The van der Waals surface area contributed by atoms with Gasteiger partial charge in [0.25, 0.3) is 0 Å². The lowest BCUT2D eigenvalue weighted by Crippen LogP contribution is -2.08. The predicted octanol–water partition coefficient (Wildman–Crippen LogP) is 2.09. The lowest BCUT2D eigenvalue weighted by atomic mass is 10.2. The average molecular weight is 211 g/mol. The van der Waals surface area contributed by atoms with Crippen LogP contribution in [-0.2, 0) is 6.42 Å². The van der Waals surface area contributed by atoms with Crippen molar-refractivity contribution in [1.82, 2.24) is 9.97 Å². The minimum Gasteiger partial charge on any atom is -0.323 e. The van der Waals surface area contributed by atoms with Crippen molar-refractivity contribution >= 4 is 0 Å². The molecule has 2 aromatic rings. The highest BCUT2D eigenvalue weighted by molar-refractivity contribution is 5.55. The van der Waals surface area contributed by atoms with Crippen LogP contribution >= 0.6 is 0 Å². The molecule has 0 radical (unpaired) electrons. The Kier molecular flexibility index (Phi) is 2.18. The van der Waals surface area contributed by atoms with Crippen LogP contribution < -0.4 is 5.73 Å². The minimum atomic E-state index is 0.0838. The Morgan fingerprint density at radius 2 is 2.00 bits per heavy atom.